The Balaban J connectivity index is 1.99. The van der Waals surface area contributed by atoms with Gasteiger partial charge in [0.25, 0.3) is 0 Å². The van der Waals surface area contributed by atoms with Crippen LogP contribution < -0.4 is 0 Å². The van der Waals surface area contributed by atoms with Gasteiger partial charge < -0.3 is 10.2 Å². The van der Waals surface area contributed by atoms with E-state index in [0.29, 0.717) is 10.6 Å². The summed E-state index contributed by atoms with van der Waals surface area (Å²) >= 11 is 5.17. The van der Waals surface area contributed by atoms with E-state index in [4.69, 9.17) is 12.2 Å². The summed E-state index contributed by atoms with van der Waals surface area (Å²) in [7, 11) is 0. The fourth-order valence-corrected chi connectivity index (χ4v) is 2.10. The Morgan fingerprint density at radius 2 is 1.86 bits per heavy atom. The summed E-state index contributed by atoms with van der Waals surface area (Å²) in [5, 5.41) is 29.9. The van der Waals surface area contributed by atoms with Crippen LogP contribution in [0.4, 0.5) is 0 Å². The average molecular weight is 312 g/mol. The molecule has 22 heavy (non-hydrogen) atoms. The van der Waals surface area contributed by atoms with Crippen molar-refractivity contribution < 1.29 is 10.2 Å². The van der Waals surface area contributed by atoms with Crippen LogP contribution in [0, 0.1) is 4.77 Å². The minimum atomic E-state index is 0.165. The monoisotopic (exact) mass is 312 g/mol. The second-order valence-electron chi connectivity index (χ2n) is 4.55. The maximum atomic E-state index is 9.45. The van der Waals surface area contributed by atoms with Crippen molar-refractivity contribution in [3.05, 3.63) is 58.9 Å². The topological polar surface area (TPSA) is 86.4 Å². The molecule has 110 valence electrons. The number of aromatic hydroxyl groups is 2. The van der Waals surface area contributed by atoms with E-state index in [1.807, 2.05) is 6.07 Å². The van der Waals surface area contributed by atoms with Gasteiger partial charge in [-0.05, 0) is 54.2 Å². The molecule has 3 rings (SSSR count). The van der Waals surface area contributed by atoms with Crippen molar-refractivity contribution in [2.45, 2.75) is 0 Å². The third-order valence-corrected chi connectivity index (χ3v) is 3.23. The number of hydrogen-bond donors (Lipinski definition) is 3. The first-order valence-electron chi connectivity index (χ1n) is 6.44. The third-order valence-electron chi connectivity index (χ3n) is 2.97. The number of nitrogens with one attached hydrogen (secondary N) is 1. The fraction of sp³-hybridized carbons (Fsp3) is 0. The number of aromatic nitrogens is 3. The summed E-state index contributed by atoms with van der Waals surface area (Å²) in [6.07, 6.45) is 1.58. The van der Waals surface area contributed by atoms with Gasteiger partial charge in [-0.1, -0.05) is 12.1 Å². The zero-order chi connectivity index (χ0) is 15.5. The van der Waals surface area contributed by atoms with E-state index in [-0.39, 0.29) is 11.5 Å². The van der Waals surface area contributed by atoms with Crippen LogP contribution in [0.25, 0.3) is 11.4 Å². The number of hydrogen-bond acceptors (Lipinski definition) is 5. The predicted molar refractivity (Wildman–Crippen MR) is 85.6 cm³/mol. The van der Waals surface area contributed by atoms with E-state index in [2.05, 4.69) is 15.3 Å². The lowest BCUT2D eigenvalue weighted by molar-refractivity contribution is 0.475. The van der Waals surface area contributed by atoms with E-state index < -0.39 is 0 Å². The van der Waals surface area contributed by atoms with Gasteiger partial charge in [0, 0.05) is 5.56 Å². The normalized spacial score (nSPS) is 11.1. The van der Waals surface area contributed by atoms with E-state index in [0.717, 1.165) is 11.1 Å². The number of phenols is 2. The largest absolute Gasteiger partial charge is 0.508 e. The van der Waals surface area contributed by atoms with Gasteiger partial charge in [0.15, 0.2) is 5.82 Å². The molecule has 0 atom stereocenters. The Hall–Kier alpha value is -2.93. The fourth-order valence-electron chi connectivity index (χ4n) is 1.93. The molecular formula is C15H12N4O2S. The molecule has 0 spiro atoms. The number of phenolic OH excluding ortho intramolecular Hbond substituents is 2. The molecular weight excluding hydrogens is 300 g/mol. The molecule has 0 fully saturated rings. The SMILES string of the molecule is Oc1ccc(-c2n[nH]c(=S)n2/N=C/c2cccc(O)c2)cc1. The molecule has 0 unspecified atom stereocenters. The number of aromatic amines is 1. The van der Waals surface area contributed by atoms with Gasteiger partial charge in [0.2, 0.25) is 4.77 Å². The second-order valence-corrected chi connectivity index (χ2v) is 4.94. The van der Waals surface area contributed by atoms with Gasteiger partial charge in [-0.2, -0.15) is 14.9 Å². The Bertz CT molecular complexity index is 881. The van der Waals surface area contributed by atoms with Crippen LogP contribution in [-0.4, -0.2) is 31.3 Å². The van der Waals surface area contributed by atoms with Crippen molar-refractivity contribution in [3.63, 3.8) is 0 Å². The second kappa shape index (κ2) is 5.82. The van der Waals surface area contributed by atoms with Gasteiger partial charge in [0.1, 0.15) is 11.5 Å². The predicted octanol–water partition coefficient (Wildman–Crippen LogP) is 2.90. The third kappa shape index (κ3) is 2.89. The maximum absolute atomic E-state index is 9.45. The zero-order valence-corrected chi connectivity index (χ0v) is 12.2. The first kappa shape index (κ1) is 14.0. The lowest BCUT2D eigenvalue weighted by Crippen LogP contribution is -1.94. The molecule has 3 N–H and O–H groups in total. The highest BCUT2D eigenvalue weighted by Gasteiger charge is 2.07. The van der Waals surface area contributed by atoms with Crippen LogP contribution in [0.3, 0.4) is 0 Å². The van der Waals surface area contributed by atoms with Gasteiger partial charge in [-0.25, -0.2) is 5.10 Å². The van der Waals surface area contributed by atoms with Crippen molar-refractivity contribution in [3.8, 4) is 22.9 Å². The highest BCUT2D eigenvalue weighted by Crippen LogP contribution is 2.20. The van der Waals surface area contributed by atoms with Crippen LogP contribution in [0.15, 0.2) is 53.6 Å². The summed E-state index contributed by atoms with van der Waals surface area (Å²) in [6.45, 7) is 0. The summed E-state index contributed by atoms with van der Waals surface area (Å²) in [5.74, 6) is 0.868. The van der Waals surface area contributed by atoms with Crippen molar-refractivity contribution in [1.82, 2.24) is 14.9 Å². The summed E-state index contributed by atoms with van der Waals surface area (Å²) in [6, 6.07) is 13.3. The smallest absolute Gasteiger partial charge is 0.216 e. The zero-order valence-electron chi connectivity index (χ0n) is 11.3. The van der Waals surface area contributed by atoms with Crippen molar-refractivity contribution >= 4 is 18.4 Å². The minimum absolute atomic E-state index is 0.165. The molecule has 0 saturated heterocycles. The number of H-pyrrole nitrogens is 1. The average Bonchev–Trinajstić information content (AvgIpc) is 2.87. The van der Waals surface area contributed by atoms with Gasteiger partial charge >= 0.3 is 0 Å². The molecule has 0 radical (unpaired) electrons. The van der Waals surface area contributed by atoms with E-state index in [1.165, 1.54) is 4.68 Å². The minimum Gasteiger partial charge on any atom is -0.508 e. The van der Waals surface area contributed by atoms with Gasteiger partial charge in [0.05, 0.1) is 6.21 Å². The first-order chi connectivity index (χ1) is 10.6. The number of nitrogens with zero attached hydrogens (tertiary/aromatic N) is 3. The maximum Gasteiger partial charge on any atom is 0.216 e. The molecule has 0 aliphatic heterocycles. The standard InChI is InChI=1S/C15H12N4O2S/c20-12-6-4-11(5-7-12)14-17-18-15(22)19(14)16-9-10-2-1-3-13(21)8-10/h1-9,20-21H,(H,18,22)/b16-9+. The van der Waals surface area contributed by atoms with Gasteiger partial charge in [-0.3, -0.25) is 0 Å². The van der Waals surface area contributed by atoms with Crippen LogP contribution in [-0.2, 0) is 0 Å². The molecule has 0 aliphatic rings. The lowest BCUT2D eigenvalue weighted by atomic mass is 10.2. The van der Waals surface area contributed by atoms with Gasteiger partial charge in [-0.15, -0.1) is 0 Å². The highest BCUT2D eigenvalue weighted by molar-refractivity contribution is 7.71. The van der Waals surface area contributed by atoms with Crippen molar-refractivity contribution in [1.29, 1.82) is 0 Å². The molecule has 1 heterocycles. The van der Waals surface area contributed by atoms with Crippen LogP contribution in [0.2, 0.25) is 0 Å². The number of benzene rings is 2. The Morgan fingerprint density at radius 1 is 1.09 bits per heavy atom. The molecule has 2 aromatic carbocycles. The summed E-state index contributed by atoms with van der Waals surface area (Å²) < 4.78 is 1.82. The first-order valence-corrected chi connectivity index (χ1v) is 6.84. The quantitative estimate of drug-likeness (QED) is 0.513. The molecule has 0 bridgehead atoms. The molecule has 7 heteroatoms. The molecule has 0 saturated carbocycles. The molecule has 3 aromatic rings. The Morgan fingerprint density at radius 3 is 2.59 bits per heavy atom. The van der Waals surface area contributed by atoms with Crippen LogP contribution >= 0.6 is 12.2 Å². The van der Waals surface area contributed by atoms with Crippen LogP contribution in [0.5, 0.6) is 11.5 Å². The molecule has 6 nitrogen and oxygen atoms in total. The van der Waals surface area contributed by atoms with Crippen LogP contribution in [0.1, 0.15) is 5.56 Å². The highest BCUT2D eigenvalue weighted by atomic mass is 32.1. The van der Waals surface area contributed by atoms with E-state index >= 15 is 0 Å². The van der Waals surface area contributed by atoms with E-state index in [9.17, 15) is 10.2 Å². The van der Waals surface area contributed by atoms with Crippen molar-refractivity contribution in [2.24, 2.45) is 5.10 Å². The summed E-state index contributed by atoms with van der Waals surface area (Å²) in [4.78, 5) is 0. The van der Waals surface area contributed by atoms with E-state index in [1.54, 1.807) is 48.7 Å². The molecule has 0 aliphatic carbocycles. The summed E-state index contributed by atoms with van der Waals surface area (Å²) in [5.41, 5.74) is 1.50. The Labute approximate surface area is 131 Å². The molecule has 0 amide bonds. The van der Waals surface area contributed by atoms with Crippen molar-refractivity contribution in [2.75, 3.05) is 0 Å². The lowest BCUT2D eigenvalue weighted by Gasteiger charge is -2.01. The molecule has 1 aromatic heterocycles. The Kier molecular flexibility index (Phi) is 3.71. The number of rotatable bonds is 3.